The number of amides is 4. The molecule has 2 rings (SSSR count). The van der Waals surface area contributed by atoms with E-state index in [1.165, 1.54) is 12.0 Å². The first-order valence-corrected chi connectivity index (χ1v) is 7.84. The summed E-state index contributed by atoms with van der Waals surface area (Å²) in [6.07, 6.45) is 2.12. The van der Waals surface area contributed by atoms with Gasteiger partial charge in [0.1, 0.15) is 5.75 Å². The van der Waals surface area contributed by atoms with E-state index in [1.54, 1.807) is 18.2 Å². The monoisotopic (exact) mass is 334 g/mol. The van der Waals surface area contributed by atoms with E-state index in [-0.39, 0.29) is 24.8 Å². The van der Waals surface area contributed by atoms with Gasteiger partial charge in [-0.3, -0.25) is 19.8 Å². The van der Waals surface area contributed by atoms with Crippen molar-refractivity contribution in [3.8, 4) is 5.75 Å². The fourth-order valence-electron chi connectivity index (χ4n) is 2.43. The number of urea groups is 1. The lowest BCUT2D eigenvalue weighted by Crippen LogP contribution is -2.49. The summed E-state index contributed by atoms with van der Waals surface area (Å²) in [5.41, 5.74) is 6.48. The zero-order valence-corrected chi connectivity index (χ0v) is 13.6. The molecule has 0 unspecified atom stereocenters. The van der Waals surface area contributed by atoms with Gasteiger partial charge in [-0.25, -0.2) is 4.79 Å². The zero-order chi connectivity index (χ0) is 17.5. The molecule has 24 heavy (non-hydrogen) atoms. The average molecular weight is 334 g/mol. The Morgan fingerprint density at radius 3 is 2.83 bits per heavy atom. The molecule has 1 heterocycles. The Bertz CT molecular complexity index is 633. The maximum absolute atomic E-state index is 12.0. The SMILES string of the molecule is COc1ccc(NC(=O)CCCCN)cc1N1CCC(=O)NC1=O. The Morgan fingerprint density at radius 1 is 1.38 bits per heavy atom. The first kappa shape index (κ1) is 17.7. The van der Waals surface area contributed by atoms with Crippen molar-refractivity contribution < 1.29 is 19.1 Å². The van der Waals surface area contributed by atoms with Gasteiger partial charge in [-0.05, 0) is 37.6 Å². The highest BCUT2D eigenvalue weighted by Crippen LogP contribution is 2.32. The van der Waals surface area contributed by atoms with Crippen molar-refractivity contribution in [2.75, 3.05) is 30.4 Å². The van der Waals surface area contributed by atoms with E-state index >= 15 is 0 Å². The minimum Gasteiger partial charge on any atom is -0.495 e. The van der Waals surface area contributed by atoms with Gasteiger partial charge in [-0.1, -0.05) is 0 Å². The highest BCUT2D eigenvalue weighted by molar-refractivity contribution is 6.06. The van der Waals surface area contributed by atoms with E-state index in [0.717, 1.165) is 12.8 Å². The van der Waals surface area contributed by atoms with Crippen LogP contribution in [-0.2, 0) is 9.59 Å². The number of unbranched alkanes of at least 4 members (excludes halogenated alkanes) is 1. The molecule has 0 radical (unpaired) electrons. The number of anilines is 2. The van der Waals surface area contributed by atoms with E-state index in [0.29, 0.717) is 30.1 Å². The lowest BCUT2D eigenvalue weighted by atomic mass is 10.2. The molecule has 4 N–H and O–H groups in total. The van der Waals surface area contributed by atoms with Crippen LogP contribution in [0.3, 0.4) is 0 Å². The summed E-state index contributed by atoms with van der Waals surface area (Å²) in [6, 6.07) is 4.54. The number of rotatable bonds is 7. The van der Waals surface area contributed by atoms with Crippen molar-refractivity contribution in [3.05, 3.63) is 18.2 Å². The average Bonchev–Trinajstić information content (AvgIpc) is 2.55. The number of benzene rings is 1. The van der Waals surface area contributed by atoms with Gasteiger partial charge in [0, 0.05) is 25.1 Å². The lowest BCUT2D eigenvalue weighted by Gasteiger charge is -2.28. The van der Waals surface area contributed by atoms with Crippen LogP contribution in [0.25, 0.3) is 0 Å². The van der Waals surface area contributed by atoms with Gasteiger partial charge >= 0.3 is 6.03 Å². The second kappa shape index (κ2) is 8.30. The third kappa shape index (κ3) is 4.45. The molecule has 1 aliphatic heterocycles. The molecule has 0 spiro atoms. The molecule has 0 atom stereocenters. The number of imide groups is 1. The molecule has 1 aromatic carbocycles. The molecule has 0 bridgehead atoms. The summed E-state index contributed by atoms with van der Waals surface area (Å²) < 4.78 is 5.28. The number of nitrogens with zero attached hydrogens (tertiary/aromatic N) is 1. The molecule has 0 saturated carbocycles. The van der Waals surface area contributed by atoms with Crippen LogP contribution in [0.2, 0.25) is 0 Å². The molecule has 1 fully saturated rings. The first-order chi connectivity index (χ1) is 11.5. The van der Waals surface area contributed by atoms with Gasteiger partial charge in [0.05, 0.1) is 12.8 Å². The summed E-state index contributed by atoms with van der Waals surface area (Å²) in [4.78, 5) is 36.6. The lowest BCUT2D eigenvalue weighted by molar-refractivity contribution is -0.120. The molecule has 0 aliphatic carbocycles. The van der Waals surface area contributed by atoms with Gasteiger partial charge in [0.15, 0.2) is 0 Å². The van der Waals surface area contributed by atoms with E-state index < -0.39 is 6.03 Å². The number of nitrogens with one attached hydrogen (secondary N) is 2. The minimum atomic E-state index is -0.504. The zero-order valence-electron chi connectivity index (χ0n) is 13.6. The molecule has 8 nitrogen and oxygen atoms in total. The number of methoxy groups -OCH3 is 1. The van der Waals surface area contributed by atoms with Crippen molar-refractivity contribution >= 4 is 29.2 Å². The summed E-state index contributed by atoms with van der Waals surface area (Å²) in [5, 5.41) is 5.06. The number of ether oxygens (including phenoxy) is 1. The van der Waals surface area contributed by atoms with Crippen molar-refractivity contribution in [1.29, 1.82) is 0 Å². The van der Waals surface area contributed by atoms with E-state index in [1.807, 2.05) is 0 Å². The summed E-state index contributed by atoms with van der Waals surface area (Å²) >= 11 is 0. The molecule has 130 valence electrons. The molecular weight excluding hydrogens is 312 g/mol. The maximum Gasteiger partial charge on any atom is 0.328 e. The van der Waals surface area contributed by atoms with E-state index in [9.17, 15) is 14.4 Å². The van der Waals surface area contributed by atoms with Crippen LogP contribution >= 0.6 is 0 Å². The van der Waals surface area contributed by atoms with Crippen LogP contribution in [0.5, 0.6) is 5.75 Å². The van der Waals surface area contributed by atoms with E-state index in [2.05, 4.69) is 10.6 Å². The molecule has 1 saturated heterocycles. The van der Waals surface area contributed by atoms with Crippen LogP contribution in [0.1, 0.15) is 25.7 Å². The van der Waals surface area contributed by atoms with Crippen LogP contribution in [0.4, 0.5) is 16.2 Å². The van der Waals surface area contributed by atoms with E-state index in [4.69, 9.17) is 10.5 Å². The van der Waals surface area contributed by atoms with Crippen LogP contribution < -0.4 is 26.0 Å². The molecule has 8 heteroatoms. The smallest absolute Gasteiger partial charge is 0.328 e. The van der Waals surface area contributed by atoms with Gasteiger partial charge in [-0.15, -0.1) is 0 Å². The third-order valence-electron chi connectivity index (χ3n) is 3.67. The number of hydrogen-bond donors (Lipinski definition) is 3. The number of carbonyl (C=O) groups excluding carboxylic acids is 3. The fourth-order valence-corrected chi connectivity index (χ4v) is 2.43. The molecule has 4 amide bonds. The summed E-state index contributed by atoms with van der Waals surface area (Å²) in [6.45, 7) is 0.817. The Hall–Kier alpha value is -2.61. The van der Waals surface area contributed by atoms with Gasteiger partial charge in [-0.2, -0.15) is 0 Å². The predicted octanol–water partition coefficient (Wildman–Crippen LogP) is 1.21. The minimum absolute atomic E-state index is 0.113. The van der Waals surface area contributed by atoms with Gasteiger partial charge in [0.2, 0.25) is 11.8 Å². The predicted molar refractivity (Wildman–Crippen MR) is 90.0 cm³/mol. The second-order valence-electron chi connectivity index (χ2n) is 5.44. The second-order valence-corrected chi connectivity index (χ2v) is 5.44. The largest absolute Gasteiger partial charge is 0.495 e. The molecule has 0 aromatic heterocycles. The van der Waals surface area contributed by atoms with Crippen molar-refractivity contribution in [3.63, 3.8) is 0 Å². The quantitative estimate of drug-likeness (QED) is 0.649. The Morgan fingerprint density at radius 2 is 2.17 bits per heavy atom. The van der Waals surface area contributed by atoms with Gasteiger partial charge in [0.25, 0.3) is 0 Å². The Labute approximate surface area is 140 Å². The Kier molecular flexibility index (Phi) is 6.14. The number of hydrogen-bond acceptors (Lipinski definition) is 5. The fraction of sp³-hybridized carbons (Fsp3) is 0.438. The standard InChI is InChI=1S/C16H22N4O4/c1-24-13-6-5-11(18-14(21)4-2-3-8-17)10-12(13)20-9-7-15(22)19-16(20)23/h5-6,10H,2-4,7-9,17H2,1H3,(H,18,21)(H,19,22,23). The Balaban J connectivity index is 2.14. The van der Waals surface area contributed by atoms with Crippen LogP contribution in [0, 0.1) is 0 Å². The van der Waals surface area contributed by atoms with Crippen molar-refractivity contribution in [2.24, 2.45) is 5.73 Å². The third-order valence-corrected chi connectivity index (χ3v) is 3.67. The van der Waals surface area contributed by atoms with Crippen LogP contribution in [0.15, 0.2) is 18.2 Å². The van der Waals surface area contributed by atoms with Crippen molar-refractivity contribution in [1.82, 2.24) is 5.32 Å². The number of nitrogens with two attached hydrogens (primary N) is 1. The topological polar surface area (TPSA) is 114 Å². The van der Waals surface area contributed by atoms with Crippen molar-refractivity contribution in [2.45, 2.75) is 25.7 Å². The molecule has 1 aliphatic rings. The first-order valence-electron chi connectivity index (χ1n) is 7.84. The maximum atomic E-state index is 12.0. The van der Waals surface area contributed by atoms with Crippen LogP contribution in [-0.4, -0.2) is 38.0 Å². The molecular formula is C16H22N4O4. The molecule has 1 aromatic rings. The number of carbonyl (C=O) groups is 3. The summed E-state index contributed by atoms with van der Waals surface area (Å²) in [7, 11) is 1.50. The normalized spacial score (nSPS) is 14.3. The highest BCUT2D eigenvalue weighted by Gasteiger charge is 2.26. The summed E-state index contributed by atoms with van der Waals surface area (Å²) in [5.74, 6) is 0.0676. The van der Waals surface area contributed by atoms with Gasteiger partial charge < -0.3 is 15.8 Å². The highest BCUT2D eigenvalue weighted by atomic mass is 16.5.